The number of carbonyl (C=O) groups excluding carboxylic acids is 1. The number of carbonyl (C=O) groups is 1. The molecule has 122 valence electrons. The van der Waals surface area contributed by atoms with Crippen molar-refractivity contribution in [2.24, 2.45) is 5.10 Å². The topological polar surface area (TPSA) is 66.5 Å². The van der Waals surface area contributed by atoms with Crippen molar-refractivity contribution in [2.45, 2.75) is 6.92 Å². The normalized spacial score (nSPS) is 11.5. The molecule has 0 saturated carbocycles. The monoisotopic (exact) mass is 341 g/mol. The molecule has 0 aliphatic heterocycles. The number of nitrogens with zero attached hydrogens (tertiary/aromatic N) is 1. The second kappa shape index (κ2) is 6.76. The fourth-order valence-electron chi connectivity index (χ4n) is 2.31. The summed E-state index contributed by atoms with van der Waals surface area (Å²) >= 11 is 5.86. The maximum absolute atomic E-state index is 12.3. The maximum Gasteiger partial charge on any atom is 0.287 e. The minimum atomic E-state index is -0.307. The van der Waals surface area contributed by atoms with Crippen LogP contribution in [0.3, 0.4) is 0 Å². The Hall–Kier alpha value is -2.79. The number of hydrogen-bond donors (Lipinski definition) is 2. The van der Waals surface area contributed by atoms with Crippen LogP contribution in [0.15, 0.2) is 53.6 Å². The van der Waals surface area contributed by atoms with Gasteiger partial charge in [-0.15, -0.1) is 0 Å². The predicted molar refractivity (Wildman–Crippen MR) is 96.0 cm³/mol. The highest BCUT2D eigenvalue weighted by molar-refractivity contribution is 6.30. The molecule has 2 aromatic carbocycles. The summed E-state index contributed by atoms with van der Waals surface area (Å²) in [4.78, 5) is 15.3. The van der Waals surface area contributed by atoms with Crippen LogP contribution in [-0.4, -0.2) is 23.7 Å². The highest BCUT2D eigenvalue weighted by Crippen LogP contribution is 2.21. The van der Waals surface area contributed by atoms with E-state index in [0.29, 0.717) is 16.4 Å². The molecule has 2 N–H and O–H groups in total. The average Bonchev–Trinajstić information content (AvgIpc) is 3.03. The van der Waals surface area contributed by atoms with Crippen LogP contribution in [0.5, 0.6) is 5.75 Å². The highest BCUT2D eigenvalue weighted by atomic mass is 35.5. The highest BCUT2D eigenvalue weighted by Gasteiger charge is 2.09. The molecule has 1 heterocycles. The molecular formula is C18H16ClN3O2. The molecule has 0 radical (unpaired) electrons. The first-order valence-electron chi connectivity index (χ1n) is 7.34. The Morgan fingerprint density at radius 2 is 1.92 bits per heavy atom. The molecule has 6 heteroatoms. The van der Waals surface area contributed by atoms with Crippen molar-refractivity contribution in [3.8, 4) is 5.75 Å². The number of benzene rings is 2. The van der Waals surface area contributed by atoms with Crippen molar-refractivity contribution in [2.75, 3.05) is 7.11 Å². The number of aromatic amines is 1. The van der Waals surface area contributed by atoms with Gasteiger partial charge in [-0.25, -0.2) is 5.43 Å². The molecule has 0 aliphatic rings. The van der Waals surface area contributed by atoms with Crippen molar-refractivity contribution >= 4 is 34.1 Å². The zero-order chi connectivity index (χ0) is 17.1. The molecule has 0 saturated heterocycles. The number of hydrogen-bond acceptors (Lipinski definition) is 3. The fraction of sp³-hybridized carbons (Fsp3) is 0.111. The molecule has 1 amide bonds. The van der Waals surface area contributed by atoms with Crippen molar-refractivity contribution < 1.29 is 9.53 Å². The van der Waals surface area contributed by atoms with E-state index in [0.717, 1.165) is 22.2 Å². The van der Waals surface area contributed by atoms with Gasteiger partial charge < -0.3 is 9.72 Å². The lowest BCUT2D eigenvalue weighted by atomic mass is 10.1. The minimum absolute atomic E-state index is 0.307. The number of methoxy groups -OCH3 is 1. The standard InChI is InChI=1S/C18H16ClN3O2/c1-11(12-3-5-14(19)6-4-12)21-22-18(23)17-10-13-9-15(24-2)7-8-16(13)20-17/h3-10,20H,1-2H3,(H,22,23)/b21-11-. The number of rotatable bonds is 4. The molecule has 0 fully saturated rings. The number of hydrazone groups is 1. The Morgan fingerprint density at radius 1 is 1.17 bits per heavy atom. The Kier molecular flexibility index (Phi) is 4.53. The van der Waals surface area contributed by atoms with E-state index in [1.807, 2.05) is 37.3 Å². The molecule has 1 aromatic heterocycles. The number of amides is 1. The van der Waals surface area contributed by atoms with Crippen LogP contribution in [-0.2, 0) is 0 Å². The lowest BCUT2D eigenvalue weighted by Gasteiger charge is -2.02. The van der Waals surface area contributed by atoms with Gasteiger partial charge in [-0.1, -0.05) is 23.7 Å². The Morgan fingerprint density at radius 3 is 2.62 bits per heavy atom. The van der Waals surface area contributed by atoms with E-state index < -0.39 is 0 Å². The van der Waals surface area contributed by atoms with Gasteiger partial charge in [0.2, 0.25) is 0 Å². The van der Waals surface area contributed by atoms with Gasteiger partial charge in [-0.05, 0) is 48.9 Å². The molecule has 0 aliphatic carbocycles. The van der Waals surface area contributed by atoms with E-state index in [9.17, 15) is 4.79 Å². The smallest absolute Gasteiger partial charge is 0.287 e. The lowest BCUT2D eigenvalue weighted by Crippen LogP contribution is -2.19. The van der Waals surface area contributed by atoms with Crippen LogP contribution in [0.2, 0.25) is 5.02 Å². The summed E-state index contributed by atoms with van der Waals surface area (Å²) < 4.78 is 5.18. The van der Waals surface area contributed by atoms with Crippen LogP contribution in [0.25, 0.3) is 10.9 Å². The van der Waals surface area contributed by atoms with Crippen LogP contribution >= 0.6 is 11.6 Å². The summed E-state index contributed by atoms with van der Waals surface area (Å²) in [5.41, 5.74) is 5.43. The van der Waals surface area contributed by atoms with E-state index >= 15 is 0 Å². The summed E-state index contributed by atoms with van der Waals surface area (Å²) in [6, 6.07) is 14.6. The maximum atomic E-state index is 12.3. The number of halogens is 1. The second-order valence-corrected chi connectivity index (χ2v) is 5.72. The number of nitrogens with one attached hydrogen (secondary N) is 2. The third kappa shape index (κ3) is 3.41. The number of H-pyrrole nitrogens is 1. The molecule has 0 atom stereocenters. The zero-order valence-electron chi connectivity index (χ0n) is 13.3. The minimum Gasteiger partial charge on any atom is -0.497 e. The summed E-state index contributed by atoms with van der Waals surface area (Å²) in [6.45, 7) is 1.82. The summed E-state index contributed by atoms with van der Waals surface area (Å²) in [5.74, 6) is 0.434. The third-order valence-electron chi connectivity index (χ3n) is 3.66. The predicted octanol–water partition coefficient (Wildman–Crippen LogP) is 3.98. The van der Waals surface area contributed by atoms with Crippen molar-refractivity contribution in [3.63, 3.8) is 0 Å². The van der Waals surface area contributed by atoms with Crippen LogP contribution in [0, 0.1) is 0 Å². The van der Waals surface area contributed by atoms with Gasteiger partial charge in [-0.2, -0.15) is 5.10 Å². The molecule has 0 unspecified atom stereocenters. The van der Waals surface area contributed by atoms with Gasteiger partial charge in [0.25, 0.3) is 5.91 Å². The Bertz CT molecular complexity index is 914. The second-order valence-electron chi connectivity index (χ2n) is 5.28. The van der Waals surface area contributed by atoms with Crippen LogP contribution in [0.4, 0.5) is 0 Å². The molecule has 24 heavy (non-hydrogen) atoms. The quantitative estimate of drug-likeness (QED) is 0.556. The van der Waals surface area contributed by atoms with E-state index in [1.165, 1.54) is 0 Å². The summed E-state index contributed by atoms with van der Waals surface area (Å²) in [5, 5.41) is 5.69. The average molecular weight is 342 g/mol. The molecule has 0 bridgehead atoms. The van der Waals surface area contributed by atoms with Gasteiger partial charge in [0.1, 0.15) is 11.4 Å². The Balaban J connectivity index is 1.77. The van der Waals surface area contributed by atoms with E-state index in [2.05, 4.69) is 15.5 Å². The number of fused-ring (bicyclic) bond motifs is 1. The molecule has 3 rings (SSSR count). The third-order valence-corrected chi connectivity index (χ3v) is 3.91. The molecule has 5 nitrogen and oxygen atoms in total. The van der Waals surface area contributed by atoms with Gasteiger partial charge in [-0.3, -0.25) is 4.79 Å². The van der Waals surface area contributed by atoms with Crippen LogP contribution in [0.1, 0.15) is 23.0 Å². The van der Waals surface area contributed by atoms with E-state index in [4.69, 9.17) is 16.3 Å². The first-order valence-corrected chi connectivity index (χ1v) is 7.72. The van der Waals surface area contributed by atoms with E-state index in [1.54, 1.807) is 25.3 Å². The molecule has 0 spiro atoms. The van der Waals surface area contributed by atoms with Crippen molar-refractivity contribution in [1.29, 1.82) is 0 Å². The SMILES string of the molecule is COc1ccc2[nH]c(C(=O)N/N=C(/C)c3ccc(Cl)cc3)cc2c1. The van der Waals surface area contributed by atoms with Gasteiger partial charge in [0, 0.05) is 15.9 Å². The fourth-order valence-corrected chi connectivity index (χ4v) is 2.44. The lowest BCUT2D eigenvalue weighted by molar-refractivity contribution is 0.0950. The number of aromatic nitrogens is 1. The van der Waals surface area contributed by atoms with Gasteiger partial charge in [0.15, 0.2) is 0 Å². The first kappa shape index (κ1) is 16.1. The molecule has 3 aromatic rings. The van der Waals surface area contributed by atoms with Gasteiger partial charge in [0.05, 0.1) is 12.8 Å². The first-order chi connectivity index (χ1) is 11.6. The summed E-state index contributed by atoms with van der Waals surface area (Å²) in [6.07, 6.45) is 0. The van der Waals surface area contributed by atoms with Crippen LogP contribution < -0.4 is 10.2 Å². The van der Waals surface area contributed by atoms with Gasteiger partial charge >= 0.3 is 0 Å². The largest absolute Gasteiger partial charge is 0.497 e. The Labute approximate surface area is 144 Å². The summed E-state index contributed by atoms with van der Waals surface area (Å²) in [7, 11) is 1.61. The molecular weight excluding hydrogens is 326 g/mol. The van der Waals surface area contributed by atoms with E-state index in [-0.39, 0.29) is 5.91 Å². The van der Waals surface area contributed by atoms with Crippen molar-refractivity contribution in [3.05, 3.63) is 64.8 Å². The zero-order valence-corrected chi connectivity index (χ0v) is 14.0. The van der Waals surface area contributed by atoms with Crippen molar-refractivity contribution in [1.82, 2.24) is 10.4 Å². The number of ether oxygens (including phenoxy) is 1.